The topological polar surface area (TPSA) is 26.2 Å². The van der Waals surface area contributed by atoms with Gasteiger partial charge in [-0.1, -0.05) is 25.1 Å². The Morgan fingerprint density at radius 3 is 2.76 bits per heavy atom. The Bertz CT molecular complexity index is 545. The lowest BCUT2D eigenvalue weighted by molar-refractivity contribution is 0.0733. The van der Waals surface area contributed by atoms with Crippen molar-refractivity contribution in [2.45, 2.75) is 46.3 Å². The molecule has 1 N–H and O–H groups in total. The fourth-order valence-electron chi connectivity index (χ4n) is 2.62. The first-order valence-electron chi connectivity index (χ1n) is 8.11. The molecular weight excluding hydrogens is 260 g/mol. The second kappa shape index (κ2) is 8.20. The summed E-state index contributed by atoms with van der Waals surface area (Å²) in [4.78, 5) is 0. The first kappa shape index (κ1) is 16.1. The molecule has 2 aromatic rings. The zero-order valence-electron chi connectivity index (χ0n) is 13.6. The number of para-hydroxylation sites is 1. The molecule has 116 valence electrons. The van der Waals surface area contributed by atoms with Gasteiger partial charge in [0.05, 0.1) is 12.7 Å². The molecule has 0 aliphatic heterocycles. The van der Waals surface area contributed by atoms with Gasteiger partial charge in [0.2, 0.25) is 0 Å². The number of aromatic nitrogens is 1. The predicted molar refractivity (Wildman–Crippen MR) is 89.9 cm³/mol. The van der Waals surface area contributed by atoms with Gasteiger partial charge in [0, 0.05) is 23.6 Å². The molecule has 0 atom stereocenters. The average molecular weight is 288 g/mol. The molecule has 0 radical (unpaired) electrons. The molecule has 0 saturated heterocycles. The maximum atomic E-state index is 5.68. The number of fused-ring (bicyclic) bond motifs is 1. The number of ether oxygens (including phenoxy) is 1. The van der Waals surface area contributed by atoms with Gasteiger partial charge in [-0.2, -0.15) is 0 Å². The van der Waals surface area contributed by atoms with Crippen molar-refractivity contribution >= 4 is 10.9 Å². The van der Waals surface area contributed by atoms with Crippen LogP contribution in [0.4, 0.5) is 0 Å². The summed E-state index contributed by atoms with van der Waals surface area (Å²) in [6.45, 7) is 10.2. The van der Waals surface area contributed by atoms with Crippen LogP contribution in [0.15, 0.2) is 30.5 Å². The molecule has 1 aromatic heterocycles. The van der Waals surface area contributed by atoms with Crippen LogP contribution >= 0.6 is 0 Å². The molecule has 0 aliphatic carbocycles. The third kappa shape index (κ3) is 4.58. The van der Waals surface area contributed by atoms with E-state index < -0.39 is 0 Å². The monoisotopic (exact) mass is 288 g/mol. The van der Waals surface area contributed by atoms with Crippen molar-refractivity contribution in [2.24, 2.45) is 0 Å². The summed E-state index contributed by atoms with van der Waals surface area (Å²) >= 11 is 0. The predicted octanol–water partition coefficient (Wildman–Crippen LogP) is 3.61. The fourth-order valence-corrected chi connectivity index (χ4v) is 2.62. The van der Waals surface area contributed by atoms with Gasteiger partial charge >= 0.3 is 0 Å². The largest absolute Gasteiger partial charge is 0.377 e. The maximum absolute atomic E-state index is 5.68. The van der Waals surface area contributed by atoms with E-state index in [1.165, 1.54) is 22.9 Å². The quantitative estimate of drug-likeness (QED) is 0.713. The van der Waals surface area contributed by atoms with Crippen molar-refractivity contribution in [3.63, 3.8) is 0 Å². The molecule has 0 aliphatic rings. The first-order chi connectivity index (χ1) is 10.2. The number of nitrogens with one attached hydrogen (secondary N) is 1. The Balaban J connectivity index is 2.06. The molecule has 3 heteroatoms. The highest BCUT2D eigenvalue weighted by Crippen LogP contribution is 2.21. The summed E-state index contributed by atoms with van der Waals surface area (Å²) < 4.78 is 8.01. The van der Waals surface area contributed by atoms with Crippen LogP contribution in [0.5, 0.6) is 0 Å². The Kier molecular flexibility index (Phi) is 6.27. The van der Waals surface area contributed by atoms with E-state index in [1.807, 2.05) is 0 Å². The van der Waals surface area contributed by atoms with Crippen LogP contribution < -0.4 is 5.32 Å². The molecule has 1 aromatic carbocycles. The summed E-state index contributed by atoms with van der Waals surface area (Å²) in [5.41, 5.74) is 2.74. The van der Waals surface area contributed by atoms with Gasteiger partial charge in [0.15, 0.2) is 0 Å². The SMILES string of the molecule is CCCNCCc1cn(CCOC(C)C)c2ccccc12. The Hall–Kier alpha value is -1.32. The highest BCUT2D eigenvalue weighted by molar-refractivity contribution is 5.84. The summed E-state index contributed by atoms with van der Waals surface area (Å²) in [7, 11) is 0. The summed E-state index contributed by atoms with van der Waals surface area (Å²) in [5.74, 6) is 0. The van der Waals surface area contributed by atoms with Crippen LogP contribution in [0.2, 0.25) is 0 Å². The van der Waals surface area contributed by atoms with Gasteiger partial charge in [0.25, 0.3) is 0 Å². The molecule has 0 saturated carbocycles. The van der Waals surface area contributed by atoms with E-state index in [1.54, 1.807) is 0 Å². The van der Waals surface area contributed by atoms with Crippen LogP contribution in [-0.4, -0.2) is 30.4 Å². The van der Waals surface area contributed by atoms with Crippen molar-refractivity contribution in [3.05, 3.63) is 36.0 Å². The van der Waals surface area contributed by atoms with Crippen LogP contribution in [0.25, 0.3) is 10.9 Å². The number of hydrogen-bond donors (Lipinski definition) is 1. The molecule has 0 bridgehead atoms. The van der Waals surface area contributed by atoms with Gasteiger partial charge in [-0.15, -0.1) is 0 Å². The van der Waals surface area contributed by atoms with Gasteiger partial charge in [0.1, 0.15) is 0 Å². The lowest BCUT2D eigenvalue weighted by Gasteiger charge is -2.09. The van der Waals surface area contributed by atoms with Crippen molar-refractivity contribution < 1.29 is 4.74 Å². The highest BCUT2D eigenvalue weighted by atomic mass is 16.5. The zero-order chi connectivity index (χ0) is 15.1. The second-order valence-corrected chi connectivity index (χ2v) is 5.78. The van der Waals surface area contributed by atoms with Gasteiger partial charge < -0.3 is 14.6 Å². The normalized spacial score (nSPS) is 11.6. The minimum Gasteiger partial charge on any atom is -0.377 e. The molecule has 1 heterocycles. The maximum Gasteiger partial charge on any atom is 0.0649 e. The molecule has 2 rings (SSSR count). The molecule has 3 nitrogen and oxygen atoms in total. The summed E-state index contributed by atoms with van der Waals surface area (Å²) in [5, 5.41) is 4.86. The lowest BCUT2D eigenvalue weighted by Crippen LogP contribution is -2.17. The second-order valence-electron chi connectivity index (χ2n) is 5.78. The van der Waals surface area contributed by atoms with E-state index >= 15 is 0 Å². The zero-order valence-corrected chi connectivity index (χ0v) is 13.6. The van der Waals surface area contributed by atoms with E-state index in [0.29, 0.717) is 6.10 Å². The fraction of sp³-hybridized carbons (Fsp3) is 0.556. The van der Waals surface area contributed by atoms with Crippen LogP contribution in [0, 0.1) is 0 Å². The molecule has 0 amide bonds. The molecule has 0 unspecified atom stereocenters. The number of hydrogen-bond acceptors (Lipinski definition) is 2. The average Bonchev–Trinajstić information content (AvgIpc) is 2.82. The van der Waals surface area contributed by atoms with E-state index in [4.69, 9.17) is 4.74 Å². The van der Waals surface area contributed by atoms with Gasteiger partial charge in [-0.05, 0) is 51.4 Å². The first-order valence-corrected chi connectivity index (χ1v) is 8.11. The minimum absolute atomic E-state index is 0.296. The van der Waals surface area contributed by atoms with Gasteiger partial charge in [-0.3, -0.25) is 0 Å². The van der Waals surface area contributed by atoms with Crippen molar-refractivity contribution in [1.29, 1.82) is 0 Å². The number of benzene rings is 1. The van der Waals surface area contributed by atoms with Crippen molar-refractivity contribution in [3.8, 4) is 0 Å². The third-order valence-electron chi connectivity index (χ3n) is 3.65. The molecule has 0 fully saturated rings. The Morgan fingerprint density at radius 2 is 2.00 bits per heavy atom. The molecular formula is C18H28N2O. The van der Waals surface area contributed by atoms with Crippen LogP contribution in [-0.2, 0) is 17.7 Å². The van der Waals surface area contributed by atoms with Crippen LogP contribution in [0.1, 0.15) is 32.8 Å². The smallest absolute Gasteiger partial charge is 0.0649 e. The Morgan fingerprint density at radius 1 is 1.19 bits per heavy atom. The summed E-state index contributed by atoms with van der Waals surface area (Å²) in [6.07, 6.45) is 4.86. The minimum atomic E-state index is 0.296. The third-order valence-corrected chi connectivity index (χ3v) is 3.65. The van der Waals surface area contributed by atoms with Gasteiger partial charge in [-0.25, -0.2) is 0 Å². The van der Waals surface area contributed by atoms with E-state index in [-0.39, 0.29) is 0 Å². The molecule has 21 heavy (non-hydrogen) atoms. The standard InChI is InChI=1S/C18H28N2O/c1-4-10-19-11-9-16-14-20(12-13-21-15(2)3)18-8-6-5-7-17(16)18/h5-8,14-15,19H,4,9-13H2,1-3H3. The number of rotatable bonds is 9. The Labute approximate surface area is 128 Å². The van der Waals surface area contributed by atoms with E-state index in [2.05, 4.69) is 61.1 Å². The van der Waals surface area contributed by atoms with E-state index in [9.17, 15) is 0 Å². The highest BCUT2D eigenvalue weighted by Gasteiger charge is 2.07. The van der Waals surface area contributed by atoms with Crippen LogP contribution in [0.3, 0.4) is 0 Å². The van der Waals surface area contributed by atoms with Crippen molar-refractivity contribution in [1.82, 2.24) is 9.88 Å². The molecule has 0 spiro atoms. The lowest BCUT2D eigenvalue weighted by atomic mass is 10.1. The van der Waals surface area contributed by atoms with E-state index in [0.717, 1.165) is 32.7 Å². The van der Waals surface area contributed by atoms with Crippen molar-refractivity contribution in [2.75, 3.05) is 19.7 Å². The summed E-state index contributed by atoms with van der Waals surface area (Å²) in [6, 6.07) is 8.67. The number of nitrogens with zero attached hydrogens (tertiary/aromatic N) is 1.